The molecule has 0 aromatic heterocycles. The van der Waals surface area contributed by atoms with Gasteiger partial charge >= 0.3 is 6.61 Å². The molecule has 0 unspecified atom stereocenters. The first-order valence-electron chi connectivity index (χ1n) is 7.65. The van der Waals surface area contributed by atoms with Crippen LogP contribution in [0.2, 0.25) is 0 Å². The van der Waals surface area contributed by atoms with E-state index in [0.29, 0.717) is 11.1 Å². The highest BCUT2D eigenvalue weighted by molar-refractivity contribution is 7.89. The van der Waals surface area contributed by atoms with E-state index in [0.717, 1.165) is 12.1 Å². The van der Waals surface area contributed by atoms with Gasteiger partial charge in [0.25, 0.3) is 0 Å². The summed E-state index contributed by atoms with van der Waals surface area (Å²) >= 11 is 0. The molecule has 0 fully saturated rings. The number of ether oxygens (including phenoxy) is 1. The van der Waals surface area contributed by atoms with Gasteiger partial charge in [-0.15, -0.1) is 0 Å². The normalized spacial score (nSPS) is 12.3. The third-order valence-corrected chi connectivity index (χ3v) is 6.29. The third kappa shape index (κ3) is 6.24. The van der Waals surface area contributed by atoms with E-state index in [2.05, 4.69) is 14.2 Å². The summed E-state index contributed by atoms with van der Waals surface area (Å²) in [6, 6.07) is 11.3. The lowest BCUT2D eigenvalue weighted by Crippen LogP contribution is -2.24. The Morgan fingerprint density at radius 2 is 1.56 bits per heavy atom. The van der Waals surface area contributed by atoms with Gasteiger partial charge < -0.3 is 4.74 Å². The maximum Gasteiger partial charge on any atom is 0.387 e. The lowest BCUT2D eigenvalue weighted by atomic mass is 10.1. The van der Waals surface area contributed by atoms with Crippen molar-refractivity contribution in [3.8, 4) is 5.75 Å². The number of benzene rings is 2. The Bertz CT molecular complexity index is 978. The first-order chi connectivity index (χ1) is 12.6. The summed E-state index contributed by atoms with van der Waals surface area (Å²) in [5, 5.41) is 0. The molecule has 2 aromatic carbocycles. The largest absolute Gasteiger partial charge is 0.433 e. The van der Waals surface area contributed by atoms with Crippen molar-refractivity contribution in [2.75, 3.05) is 7.05 Å². The third-order valence-electron chi connectivity index (χ3n) is 3.51. The molecule has 0 aliphatic carbocycles. The van der Waals surface area contributed by atoms with Crippen LogP contribution in [0.3, 0.4) is 0 Å². The van der Waals surface area contributed by atoms with Gasteiger partial charge in [-0.2, -0.15) is 8.78 Å². The van der Waals surface area contributed by atoms with Crippen molar-refractivity contribution in [1.29, 1.82) is 0 Å². The Kier molecular flexibility index (Phi) is 6.87. The fraction of sp³-hybridized carbons (Fsp3) is 0.250. The SMILES string of the molecule is CNS(=O)(=O)Cc1ccc(CNS(=O)(=O)c2ccccc2OC(F)F)cc1. The van der Waals surface area contributed by atoms with Crippen molar-refractivity contribution < 1.29 is 30.4 Å². The average Bonchev–Trinajstić information content (AvgIpc) is 2.61. The summed E-state index contributed by atoms with van der Waals surface area (Å²) in [6.45, 7) is -3.26. The molecule has 0 heterocycles. The molecule has 27 heavy (non-hydrogen) atoms. The second-order valence-corrected chi connectivity index (χ2v) is 9.09. The fourth-order valence-electron chi connectivity index (χ4n) is 2.17. The number of alkyl halides is 2. The zero-order valence-electron chi connectivity index (χ0n) is 14.2. The minimum atomic E-state index is -4.09. The maximum atomic E-state index is 12.4. The van der Waals surface area contributed by atoms with Crippen LogP contribution in [-0.4, -0.2) is 30.5 Å². The predicted molar refractivity (Wildman–Crippen MR) is 95.2 cm³/mol. The van der Waals surface area contributed by atoms with Crippen LogP contribution in [-0.2, 0) is 32.3 Å². The molecular weight excluding hydrogens is 402 g/mol. The van der Waals surface area contributed by atoms with E-state index < -0.39 is 37.3 Å². The van der Waals surface area contributed by atoms with Crippen LogP contribution in [0.15, 0.2) is 53.4 Å². The van der Waals surface area contributed by atoms with E-state index in [4.69, 9.17) is 0 Å². The van der Waals surface area contributed by atoms with Crippen molar-refractivity contribution in [2.45, 2.75) is 23.8 Å². The van der Waals surface area contributed by atoms with E-state index in [1.807, 2.05) is 0 Å². The smallest absolute Gasteiger partial charge is 0.387 e. The molecule has 148 valence electrons. The van der Waals surface area contributed by atoms with Crippen molar-refractivity contribution >= 4 is 20.0 Å². The standard InChI is InChI=1S/C16H18F2N2O5S2/c1-19-26(21,22)11-13-8-6-12(7-9-13)10-20-27(23,24)15-5-3-2-4-14(15)25-16(17)18/h2-9,16,19-20H,10-11H2,1H3. The molecule has 2 N–H and O–H groups in total. The molecule has 0 saturated heterocycles. The second-order valence-electron chi connectivity index (χ2n) is 5.43. The Morgan fingerprint density at radius 3 is 2.15 bits per heavy atom. The number of para-hydroxylation sites is 1. The van der Waals surface area contributed by atoms with Crippen LogP contribution in [0, 0.1) is 0 Å². The summed E-state index contributed by atoms with van der Waals surface area (Å²) in [6.07, 6.45) is 0. The first-order valence-corrected chi connectivity index (χ1v) is 10.8. The molecule has 0 amide bonds. The van der Waals surface area contributed by atoms with E-state index in [9.17, 15) is 25.6 Å². The van der Waals surface area contributed by atoms with Gasteiger partial charge in [0, 0.05) is 6.54 Å². The number of rotatable bonds is 9. The average molecular weight is 420 g/mol. The highest BCUT2D eigenvalue weighted by Crippen LogP contribution is 2.25. The molecule has 0 aliphatic heterocycles. The number of hydrogen-bond acceptors (Lipinski definition) is 5. The minimum absolute atomic E-state index is 0.107. The van der Waals surface area contributed by atoms with Gasteiger partial charge in [-0.25, -0.2) is 26.3 Å². The van der Waals surface area contributed by atoms with E-state index in [1.165, 1.54) is 19.2 Å². The second kappa shape index (κ2) is 8.74. The highest BCUT2D eigenvalue weighted by atomic mass is 32.2. The molecule has 0 spiro atoms. The van der Waals surface area contributed by atoms with Gasteiger partial charge in [-0.1, -0.05) is 36.4 Å². The number of nitrogens with one attached hydrogen (secondary N) is 2. The Balaban J connectivity index is 2.10. The van der Waals surface area contributed by atoms with Crippen LogP contribution >= 0.6 is 0 Å². The van der Waals surface area contributed by atoms with Crippen molar-refractivity contribution in [2.24, 2.45) is 0 Å². The molecule has 2 aromatic rings. The highest BCUT2D eigenvalue weighted by Gasteiger charge is 2.21. The van der Waals surface area contributed by atoms with E-state index in [-0.39, 0.29) is 12.3 Å². The number of halogens is 2. The van der Waals surface area contributed by atoms with Gasteiger partial charge in [-0.3, -0.25) is 0 Å². The maximum absolute atomic E-state index is 12.4. The Morgan fingerprint density at radius 1 is 0.963 bits per heavy atom. The Hall–Kier alpha value is -2.08. The summed E-state index contributed by atoms with van der Waals surface area (Å²) in [5.41, 5.74) is 1.10. The van der Waals surface area contributed by atoms with Gasteiger partial charge in [0.2, 0.25) is 20.0 Å². The molecule has 0 saturated carbocycles. The van der Waals surface area contributed by atoms with Gasteiger partial charge in [0.15, 0.2) is 0 Å². The van der Waals surface area contributed by atoms with Crippen molar-refractivity contribution in [1.82, 2.24) is 9.44 Å². The van der Waals surface area contributed by atoms with E-state index in [1.54, 1.807) is 24.3 Å². The predicted octanol–water partition coefficient (Wildman–Crippen LogP) is 1.82. The molecule has 2 rings (SSSR count). The van der Waals surface area contributed by atoms with Gasteiger partial charge in [-0.05, 0) is 30.3 Å². The van der Waals surface area contributed by atoms with Crippen molar-refractivity contribution in [3.63, 3.8) is 0 Å². The summed E-state index contributed by atoms with van der Waals surface area (Å²) in [4.78, 5) is -0.401. The Labute approximate surface area is 156 Å². The minimum Gasteiger partial charge on any atom is -0.433 e. The molecule has 0 radical (unpaired) electrons. The van der Waals surface area contributed by atoms with Crippen LogP contribution < -0.4 is 14.2 Å². The lowest BCUT2D eigenvalue weighted by Gasteiger charge is -2.12. The zero-order valence-corrected chi connectivity index (χ0v) is 15.9. The molecule has 0 aliphatic rings. The fourth-order valence-corrected chi connectivity index (χ4v) is 4.09. The van der Waals surface area contributed by atoms with Gasteiger partial charge in [0.05, 0.1) is 5.75 Å². The van der Waals surface area contributed by atoms with Crippen LogP contribution in [0.4, 0.5) is 8.78 Å². The molecule has 7 nitrogen and oxygen atoms in total. The summed E-state index contributed by atoms with van der Waals surface area (Å²) < 4.78 is 81.4. The topological polar surface area (TPSA) is 102 Å². The van der Waals surface area contributed by atoms with Crippen molar-refractivity contribution in [3.05, 3.63) is 59.7 Å². The first kappa shape index (κ1) is 21.2. The summed E-state index contributed by atoms with van der Waals surface area (Å²) in [5.74, 6) is -0.652. The molecular formula is C16H18F2N2O5S2. The quantitative estimate of drug-likeness (QED) is 0.644. The van der Waals surface area contributed by atoms with Gasteiger partial charge in [0.1, 0.15) is 10.6 Å². The molecule has 0 bridgehead atoms. The lowest BCUT2D eigenvalue weighted by molar-refractivity contribution is -0.0517. The zero-order chi connectivity index (χ0) is 20.1. The monoisotopic (exact) mass is 420 g/mol. The molecule has 0 atom stereocenters. The van der Waals surface area contributed by atoms with E-state index >= 15 is 0 Å². The van der Waals surface area contributed by atoms with Crippen LogP contribution in [0.25, 0.3) is 0 Å². The number of hydrogen-bond donors (Lipinski definition) is 2. The van der Waals surface area contributed by atoms with Crippen LogP contribution in [0.5, 0.6) is 5.75 Å². The number of sulfonamides is 2. The summed E-state index contributed by atoms with van der Waals surface area (Å²) in [7, 11) is -6.19. The van der Waals surface area contributed by atoms with Crippen LogP contribution in [0.1, 0.15) is 11.1 Å². The molecule has 11 heteroatoms.